The highest BCUT2D eigenvalue weighted by atomic mass is 16.5. The molecule has 26 heavy (non-hydrogen) atoms. The molecule has 0 atom stereocenters. The van der Waals surface area contributed by atoms with Gasteiger partial charge in [0, 0.05) is 18.4 Å². The maximum absolute atomic E-state index is 13.1. The lowest BCUT2D eigenvalue weighted by molar-refractivity contribution is -0.123. The SMILES string of the molecule is COc1ccc(N2C(=O)CN(C(=O)c3cn[nH]c3)CC23CCCC3)cc1. The van der Waals surface area contributed by atoms with Crippen molar-refractivity contribution in [2.75, 3.05) is 25.1 Å². The second-order valence-corrected chi connectivity index (χ2v) is 7.01. The van der Waals surface area contributed by atoms with E-state index >= 15 is 0 Å². The molecule has 2 amide bonds. The first-order valence-corrected chi connectivity index (χ1v) is 8.88. The van der Waals surface area contributed by atoms with Crippen molar-refractivity contribution >= 4 is 17.5 Å². The Hall–Kier alpha value is -2.83. The summed E-state index contributed by atoms with van der Waals surface area (Å²) in [6.45, 7) is 0.632. The van der Waals surface area contributed by atoms with Crippen LogP contribution in [0.15, 0.2) is 36.7 Å². The van der Waals surface area contributed by atoms with Crippen molar-refractivity contribution in [3.8, 4) is 5.75 Å². The second kappa shape index (κ2) is 6.48. The maximum atomic E-state index is 13.1. The molecular weight excluding hydrogens is 332 g/mol. The van der Waals surface area contributed by atoms with Crippen LogP contribution in [-0.2, 0) is 4.79 Å². The standard InChI is InChI=1S/C19H22N4O3/c1-26-16-6-4-15(5-7-16)23-17(24)12-22(13-19(23)8-2-3-9-19)18(25)14-10-20-21-11-14/h4-7,10-11H,2-3,8-9,12-13H2,1H3,(H,20,21). The zero-order valence-corrected chi connectivity index (χ0v) is 14.8. The Balaban J connectivity index is 1.65. The fourth-order valence-corrected chi connectivity index (χ4v) is 4.24. The van der Waals surface area contributed by atoms with Gasteiger partial charge in [-0.2, -0.15) is 5.10 Å². The highest BCUT2D eigenvalue weighted by Gasteiger charge is 2.48. The third-order valence-electron chi connectivity index (χ3n) is 5.43. The van der Waals surface area contributed by atoms with Crippen LogP contribution >= 0.6 is 0 Å². The molecule has 7 nitrogen and oxygen atoms in total. The van der Waals surface area contributed by atoms with Crippen molar-refractivity contribution in [3.05, 3.63) is 42.2 Å². The van der Waals surface area contributed by atoms with E-state index in [1.165, 1.54) is 6.20 Å². The number of anilines is 1. The molecule has 1 N–H and O–H groups in total. The number of H-pyrrole nitrogens is 1. The Kier molecular flexibility index (Phi) is 4.14. The van der Waals surface area contributed by atoms with Gasteiger partial charge in [-0.3, -0.25) is 14.7 Å². The van der Waals surface area contributed by atoms with Crippen LogP contribution in [0, 0.1) is 0 Å². The van der Waals surface area contributed by atoms with Crippen LogP contribution in [0.4, 0.5) is 5.69 Å². The van der Waals surface area contributed by atoms with E-state index in [2.05, 4.69) is 10.2 Å². The van der Waals surface area contributed by atoms with Crippen LogP contribution < -0.4 is 9.64 Å². The lowest BCUT2D eigenvalue weighted by atomic mass is 9.90. The zero-order valence-electron chi connectivity index (χ0n) is 14.8. The van der Waals surface area contributed by atoms with Crippen LogP contribution in [0.25, 0.3) is 0 Å². The molecule has 1 aromatic carbocycles. The number of methoxy groups -OCH3 is 1. The number of rotatable bonds is 3. The molecule has 0 unspecified atom stereocenters. The van der Waals surface area contributed by atoms with E-state index in [9.17, 15) is 9.59 Å². The Labute approximate surface area is 151 Å². The molecule has 1 saturated heterocycles. The minimum atomic E-state index is -0.330. The summed E-state index contributed by atoms with van der Waals surface area (Å²) in [5.74, 6) is 0.573. The molecule has 7 heteroatoms. The average Bonchev–Trinajstić information content (AvgIpc) is 3.34. The number of hydrogen-bond donors (Lipinski definition) is 1. The van der Waals surface area contributed by atoms with Gasteiger partial charge < -0.3 is 14.5 Å². The molecule has 4 rings (SSSR count). The summed E-state index contributed by atoms with van der Waals surface area (Å²) in [5.41, 5.74) is 1.03. The van der Waals surface area contributed by atoms with Gasteiger partial charge >= 0.3 is 0 Å². The predicted molar refractivity (Wildman–Crippen MR) is 96.2 cm³/mol. The summed E-state index contributed by atoms with van der Waals surface area (Å²) in [5, 5.41) is 6.51. The third-order valence-corrected chi connectivity index (χ3v) is 5.43. The summed E-state index contributed by atoms with van der Waals surface area (Å²) in [6.07, 6.45) is 7.01. The number of hydrogen-bond acceptors (Lipinski definition) is 4. The largest absolute Gasteiger partial charge is 0.497 e. The molecule has 136 valence electrons. The van der Waals surface area contributed by atoms with Crippen LogP contribution in [0.5, 0.6) is 5.75 Å². The molecule has 1 saturated carbocycles. The van der Waals surface area contributed by atoms with Crippen molar-refractivity contribution in [1.82, 2.24) is 15.1 Å². The molecule has 2 fully saturated rings. The first kappa shape index (κ1) is 16.6. The molecule has 0 bridgehead atoms. The van der Waals surface area contributed by atoms with Gasteiger partial charge in [0.15, 0.2) is 0 Å². The van der Waals surface area contributed by atoms with Crippen molar-refractivity contribution in [2.45, 2.75) is 31.2 Å². The number of ether oxygens (including phenoxy) is 1. The first-order valence-electron chi connectivity index (χ1n) is 8.88. The van der Waals surface area contributed by atoms with Gasteiger partial charge in [0.2, 0.25) is 5.91 Å². The molecule has 2 heterocycles. The summed E-state index contributed by atoms with van der Waals surface area (Å²) >= 11 is 0. The minimum Gasteiger partial charge on any atom is -0.497 e. The molecule has 1 spiro atoms. The number of aromatic amines is 1. The molecule has 0 radical (unpaired) electrons. The fraction of sp³-hybridized carbons (Fsp3) is 0.421. The first-order chi connectivity index (χ1) is 12.6. The number of carbonyl (C=O) groups excluding carboxylic acids is 2. The Morgan fingerprint density at radius 3 is 2.58 bits per heavy atom. The van der Waals surface area contributed by atoms with Gasteiger partial charge in [0.25, 0.3) is 5.91 Å². The van der Waals surface area contributed by atoms with Crippen molar-refractivity contribution in [3.63, 3.8) is 0 Å². The normalized spacial score (nSPS) is 19.2. The van der Waals surface area contributed by atoms with Crippen LogP contribution in [0.3, 0.4) is 0 Å². The number of amides is 2. The Bertz CT molecular complexity index is 795. The maximum Gasteiger partial charge on any atom is 0.257 e. The van der Waals surface area contributed by atoms with Gasteiger partial charge in [-0.15, -0.1) is 0 Å². The average molecular weight is 354 g/mol. The lowest BCUT2D eigenvalue weighted by Crippen LogP contribution is -2.65. The topological polar surface area (TPSA) is 78.5 Å². The summed E-state index contributed by atoms with van der Waals surface area (Å²) in [7, 11) is 1.62. The van der Waals surface area contributed by atoms with E-state index in [1.54, 1.807) is 18.2 Å². The van der Waals surface area contributed by atoms with Gasteiger partial charge in [-0.25, -0.2) is 0 Å². The van der Waals surface area contributed by atoms with Crippen molar-refractivity contribution < 1.29 is 14.3 Å². The minimum absolute atomic E-state index is 0.0415. The van der Waals surface area contributed by atoms with Crippen LogP contribution in [0.2, 0.25) is 0 Å². The Morgan fingerprint density at radius 2 is 1.96 bits per heavy atom. The summed E-state index contributed by atoms with van der Waals surface area (Å²) in [6, 6.07) is 7.58. The van der Waals surface area contributed by atoms with E-state index in [0.717, 1.165) is 37.1 Å². The lowest BCUT2D eigenvalue weighted by Gasteiger charge is -2.48. The fourth-order valence-electron chi connectivity index (χ4n) is 4.24. The highest BCUT2D eigenvalue weighted by Crippen LogP contribution is 2.41. The van der Waals surface area contributed by atoms with E-state index in [4.69, 9.17) is 4.74 Å². The number of nitrogens with one attached hydrogen (secondary N) is 1. The van der Waals surface area contributed by atoms with Gasteiger partial charge in [0.1, 0.15) is 12.3 Å². The van der Waals surface area contributed by atoms with Gasteiger partial charge in [0.05, 0.1) is 24.4 Å². The molecule has 1 aromatic heterocycles. The number of carbonyl (C=O) groups is 2. The van der Waals surface area contributed by atoms with Crippen LogP contribution in [0.1, 0.15) is 36.0 Å². The smallest absolute Gasteiger partial charge is 0.257 e. The van der Waals surface area contributed by atoms with E-state index in [0.29, 0.717) is 12.1 Å². The van der Waals surface area contributed by atoms with Gasteiger partial charge in [-0.05, 0) is 37.1 Å². The number of aromatic nitrogens is 2. The predicted octanol–water partition coefficient (Wildman–Crippen LogP) is 2.22. The monoisotopic (exact) mass is 354 g/mol. The molecule has 1 aliphatic carbocycles. The van der Waals surface area contributed by atoms with E-state index < -0.39 is 0 Å². The Morgan fingerprint density at radius 1 is 1.23 bits per heavy atom. The summed E-state index contributed by atoms with van der Waals surface area (Å²) < 4.78 is 5.22. The number of benzene rings is 1. The molecular formula is C19H22N4O3. The van der Waals surface area contributed by atoms with Crippen molar-refractivity contribution in [2.24, 2.45) is 0 Å². The molecule has 1 aliphatic heterocycles. The molecule has 2 aliphatic rings. The molecule has 2 aromatic rings. The van der Waals surface area contributed by atoms with Gasteiger partial charge in [-0.1, -0.05) is 12.8 Å². The highest BCUT2D eigenvalue weighted by molar-refractivity contribution is 6.02. The number of piperazine rings is 1. The van der Waals surface area contributed by atoms with Crippen molar-refractivity contribution in [1.29, 1.82) is 0 Å². The quantitative estimate of drug-likeness (QED) is 0.917. The zero-order chi connectivity index (χ0) is 18.1. The third kappa shape index (κ3) is 2.73. The van der Waals surface area contributed by atoms with E-state index in [1.807, 2.05) is 29.2 Å². The summed E-state index contributed by atoms with van der Waals surface area (Å²) in [4.78, 5) is 29.4. The van der Waals surface area contributed by atoms with Crippen LogP contribution in [-0.4, -0.2) is 52.6 Å². The number of nitrogens with zero attached hydrogens (tertiary/aromatic N) is 3. The second-order valence-electron chi connectivity index (χ2n) is 7.01. The van der Waals surface area contributed by atoms with E-state index in [-0.39, 0.29) is 23.9 Å².